The molecule has 0 atom stereocenters. The van der Waals surface area contributed by atoms with E-state index in [-0.39, 0.29) is 0 Å². The third-order valence-electron chi connectivity index (χ3n) is 2.12. The molecule has 0 fully saturated rings. The highest BCUT2D eigenvalue weighted by molar-refractivity contribution is 5.14. The van der Waals surface area contributed by atoms with Crippen molar-refractivity contribution in [2.45, 2.75) is 20.0 Å². The second-order valence-electron chi connectivity index (χ2n) is 3.36. The Morgan fingerprint density at radius 3 is 2.93 bits per heavy atom. The minimum atomic E-state index is 0.602. The van der Waals surface area contributed by atoms with E-state index < -0.39 is 0 Å². The first kappa shape index (κ1) is 9.85. The third kappa shape index (κ3) is 2.41. The van der Waals surface area contributed by atoms with Crippen LogP contribution in [-0.4, -0.2) is 19.9 Å². The fraction of sp³-hybridized carbons (Fsp3) is 0.444. The third-order valence-corrected chi connectivity index (χ3v) is 2.12. The van der Waals surface area contributed by atoms with Gasteiger partial charge in [-0.2, -0.15) is 10.1 Å². The van der Waals surface area contributed by atoms with Crippen LogP contribution in [0.1, 0.15) is 17.1 Å². The lowest BCUT2D eigenvalue weighted by Gasteiger charge is -1.99. The summed E-state index contributed by atoms with van der Waals surface area (Å²) >= 11 is 0. The van der Waals surface area contributed by atoms with Crippen molar-refractivity contribution in [1.29, 1.82) is 0 Å². The maximum atomic E-state index is 4.63. The smallest absolute Gasteiger partial charge is 0.213 e. The molecule has 0 unspecified atom stereocenters. The highest BCUT2D eigenvalue weighted by Gasteiger charge is 2.03. The van der Waals surface area contributed by atoms with Gasteiger partial charge in [0.15, 0.2) is 5.82 Å². The van der Waals surface area contributed by atoms with Crippen molar-refractivity contribution >= 4 is 0 Å². The summed E-state index contributed by atoms with van der Waals surface area (Å²) in [7, 11) is 1.91. The standard InChI is InChI=1S/C9H13N5O/c1-7-8(5-14(2)12-7)3-10-4-9-11-6-15-13-9/h5-6,10H,3-4H2,1-2H3. The first-order chi connectivity index (χ1) is 7.25. The summed E-state index contributed by atoms with van der Waals surface area (Å²) in [4.78, 5) is 3.91. The van der Waals surface area contributed by atoms with Gasteiger partial charge in [0.25, 0.3) is 0 Å². The van der Waals surface area contributed by atoms with E-state index in [0.29, 0.717) is 12.4 Å². The Morgan fingerprint density at radius 1 is 1.47 bits per heavy atom. The Bertz CT molecular complexity index is 420. The molecule has 0 aliphatic heterocycles. The number of hydrogen-bond donors (Lipinski definition) is 1. The second kappa shape index (κ2) is 4.22. The van der Waals surface area contributed by atoms with Crippen LogP contribution in [0.2, 0.25) is 0 Å². The molecule has 0 aliphatic carbocycles. The molecule has 0 aromatic carbocycles. The van der Waals surface area contributed by atoms with E-state index >= 15 is 0 Å². The van der Waals surface area contributed by atoms with Gasteiger partial charge < -0.3 is 9.84 Å². The first-order valence-electron chi connectivity index (χ1n) is 4.71. The number of rotatable bonds is 4. The quantitative estimate of drug-likeness (QED) is 0.786. The molecule has 80 valence electrons. The summed E-state index contributed by atoms with van der Waals surface area (Å²) in [5.74, 6) is 0.663. The van der Waals surface area contributed by atoms with Crippen LogP contribution in [0.3, 0.4) is 0 Å². The molecule has 2 aromatic heterocycles. The zero-order valence-electron chi connectivity index (χ0n) is 8.77. The van der Waals surface area contributed by atoms with Gasteiger partial charge >= 0.3 is 0 Å². The van der Waals surface area contributed by atoms with Gasteiger partial charge in [0, 0.05) is 25.4 Å². The predicted molar refractivity (Wildman–Crippen MR) is 52.8 cm³/mol. The minimum absolute atomic E-state index is 0.602. The van der Waals surface area contributed by atoms with Crippen molar-refractivity contribution in [2.24, 2.45) is 7.05 Å². The Balaban J connectivity index is 1.86. The number of aryl methyl sites for hydroxylation is 2. The van der Waals surface area contributed by atoms with E-state index in [9.17, 15) is 0 Å². The average Bonchev–Trinajstić information content (AvgIpc) is 2.77. The van der Waals surface area contributed by atoms with Crippen molar-refractivity contribution in [2.75, 3.05) is 0 Å². The van der Waals surface area contributed by atoms with Gasteiger partial charge in [-0.25, -0.2) is 0 Å². The summed E-state index contributed by atoms with van der Waals surface area (Å²) in [6, 6.07) is 0. The monoisotopic (exact) mass is 207 g/mol. The Labute approximate surface area is 87.3 Å². The van der Waals surface area contributed by atoms with Crippen molar-refractivity contribution in [3.63, 3.8) is 0 Å². The second-order valence-corrected chi connectivity index (χ2v) is 3.36. The van der Waals surface area contributed by atoms with Gasteiger partial charge in [-0.15, -0.1) is 0 Å². The van der Waals surface area contributed by atoms with Gasteiger partial charge in [-0.3, -0.25) is 4.68 Å². The van der Waals surface area contributed by atoms with Crippen LogP contribution in [-0.2, 0) is 20.1 Å². The van der Waals surface area contributed by atoms with Crippen LogP contribution < -0.4 is 5.32 Å². The van der Waals surface area contributed by atoms with Gasteiger partial charge in [-0.1, -0.05) is 5.16 Å². The number of nitrogens with zero attached hydrogens (tertiary/aromatic N) is 4. The molecule has 0 spiro atoms. The molecule has 15 heavy (non-hydrogen) atoms. The maximum Gasteiger partial charge on any atom is 0.213 e. The van der Waals surface area contributed by atoms with Crippen LogP contribution in [0.4, 0.5) is 0 Å². The maximum absolute atomic E-state index is 4.63. The lowest BCUT2D eigenvalue weighted by molar-refractivity contribution is 0.407. The van der Waals surface area contributed by atoms with Crippen LogP contribution in [0.15, 0.2) is 17.1 Å². The van der Waals surface area contributed by atoms with Gasteiger partial charge in [0.05, 0.1) is 12.2 Å². The van der Waals surface area contributed by atoms with Crippen LogP contribution in [0.25, 0.3) is 0 Å². The van der Waals surface area contributed by atoms with Crippen molar-refractivity contribution < 1.29 is 4.52 Å². The van der Waals surface area contributed by atoms with E-state index in [4.69, 9.17) is 0 Å². The van der Waals surface area contributed by atoms with Crippen molar-refractivity contribution in [3.8, 4) is 0 Å². The highest BCUT2D eigenvalue weighted by Crippen LogP contribution is 2.03. The fourth-order valence-corrected chi connectivity index (χ4v) is 1.40. The van der Waals surface area contributed by atoms with Crippen LogP contribution in [0.5, 0.6) is 0 Å². The van der Waals surface area contributed by atoms with Crippen LogP contribution >= 0.6 is 0 Å². The van der Waals surface area contributed by atoms with E-state index in [1.807, 2.05) is 20.2 Å². The molecular formula is C9H13N5O. The largest absolute Gasteiger partial charge is 0.343 e. The lowest BCUT2D eigenvalue weighted by Crippen LogP contribution is -2.13. The normalized spacial score (nSPS) is 10.8. The number of hydrogen-bond acceptors (Lipinski definition) is 5. The predicted octanol–water partition coefficient (Wildman–Crippen LogP) is 0.401. The molecule has 2 aromatic rings. The molecule has 0 bridgehead atoms. The topological polar surface area (TPSA) is 68.8 Å². The van der Waals surface area contributed by atoms with Crippen molar-refractivity contribution in [3.05, 3.63) is 29.7 Å². The fourth-order valence-electron chi connectivity index (χ4n) is 1.40. The summed E-state index contributed by atoms with van der Waals surface area (Å²) in [6.07, 6.45) is 3.32. The molecule has 0 aliphatic rings. The van der Waals surface area contributed by atoms with Gasteiger partial charge in [0.1, 0.15) is 0 Å². The molecule has 0 saturated heterocycles. The molecule has 0 radical (unpaired) electrons. The highest BCUT2D eigenvalue weighted by atomic mass is 16.5. The summed E-state index contributed by atoms with van der Waals surface area (Å²) in [6.45, 7) is 3.35. The SMILES string of the molecule is Cc1nn(C)cc1CNCc1ncon1. The molecule has 6 heteroatoms. The van der Waals surface area contributed by atoms with E-state index in [1.54, 1.807) is 4.68 Å². The Kier molecular flexibility index (Phi) is 2.77. The number of nitrogens with one attached hydrogen (secondary N) is 1. The number of aromatic nitrogens is 4. The van der Waals surface area contributed by atoms with E-state index in [2.05, 4.69) is 25.1 Å². The summed E-state index contributed by atoms with van der Waals surface area (Å²) < 4.78 is 6.43. The molecule has 1 N–H and O–H groups in total. The Hall–Kier alpha value is -1.69. The average molecular weight is 207 g/mol. The summed E-state index contributed by atoms with van der Waals surface area (Å²) in [5.41, 5.74) is 2.22. The Morgan fingerprint density at radius 2 is 2.33 bits per heavy atom. The minimum Gasteiger partial charge on any atom is -0.343 e. The van der Waals surface area contributed by atoms with Crippen molar-refractivity contribution in [1.82, 2.24) is 25.2 Å². The molecule has 6 nitrogen and oxygen atoms in total. The molecule has 2 rings (SSSR count). The molecular weight excluding hydrogens is 194 g/mol. The zero-order valence-corrected chi connectivity index (χ0v) is 8.77. The summed E-state index contributed by atoms with van der Waals surface area (Å²) in [5, 5.41) is 11.2. The van der Waals surface area contributed by atoms with E-state index in [0.717, 1.165) is 12.2 Å². The van der Waals surface area contributed by atoms with Gasteiger partial charge in [0.2, 0.25) is 6.39 Å². The molecule has 0 amide bonds. The van der Waals surface area contributed by atoms with Gasteiger partial charge in [-0.05, 0) is 6.92 Å². The first-order valence-corrected chi connectivity index (χ1v) is 4.71. The molecule has 0 saturated carbocycles. The lowest BCUT2D eigenvalue weighted by atomic mass is 10.2. The zero-order chi connectivity index (χ0) is 10.7. The van der Waals surface area contributed by atoms with E-state index in [1.165, 1.54) is 12.0 Å². The van der Waals surface area contributed by atoms with Crippen LogP contribution in [0, 0.1) is 6.92 Å². The molecule has 2 heterocycles.